The van der Waals surface area contributed by atoms with Crippen LogP contribution in [0.2, 0.25) is 0 Å². The zero-order valence-electron chi connectivity index (χ0n) is 10.2. The highest BCUT2D eigenvalue weighted by Gasteiger charge is 2.31. The molecule has 6 heteroatoms. The zero-order chi connectivity index (χ0) is 13.5. The highest BCUT2D eigenvalue weighted by molar-refractivity contribution is 7.91. The maximum absolute atomic E-state index is 13.8. The fraction of sp³-hybridized carbons (Fsp3) is 0.500. The van der Waals surface area contributed by atoms with Crippen molar-refractivity contribution in [3.05, 3.63) is 34.9 Å². The van der Waals surface area contributed by atoms with Gasteiger partial charge >= 0.3 is 0 Å². The van der Waals surface area contributed by atoms with Gasteiger partial charge in [0, 0.05) is 17.6 Å². The van der Waals surface area contributed by atoms with Gasteiger partial charge in [-0.1, -0.05) is 0 Å². The summed E-state index contributed by atoms with van der Waals surface area (Å²) in [6.45, 7) is 3.18. The summed E-state index contributed by atoms with van der Waals surface area (Å²) in [7, 11) is -3.22. The topological polar surface area (TPSA) is 46.2 Å². The molecule has 1 saturated heterocycles. The Morgan fingerprint density at radius 2 is 1.89 bits per heavy atom. The summed E-state index contributed by atoms with van der Waals surface area (Å²) in [6, 6.07) is 1.22. The van der Waals surface area contributed by atoms with Gasteiger partial charge in [0.15, 0.2) is 9.84 Å². The first-order chi connectivity index (χ1) is 8.28. The largest absolute Gasteiger partial charge is 0.305 e. The van der Waals surface area contributed by atoms with Crippen LogP contribution in [0, 0.1) is 18.6 Å². The summed E-state index contributed by atoms with van der Waals surface area (Å²) in [5, 5.41) is 2.99. The van der Waals surface area contributed by atoms with Crippen LogP contribution >= 0.6 is 0 Å². The Hall–Kier alpha value is -1.01. The second-order valence-electron chi connectivity index (χ2n) is 4.82. The molecule has 3 nitrogen and oxygen atoms in total. The molecule has 1 aliphatic rings. The van der Waals surface area contributed by atoms with Crippen LogP contribution in [-0.4, -0.2) is 26.0 Å². The van der Waals surface area contributed by atoms with Crippen LogP contribution in [0.5, 0.6) is 0 Å². The van der Waals surface area contributed by atoms with Gasteiger partial charge in [-0.3, -0.25) is 0 Å². The lowest BCUT2D eigenvalue weighted by molar-refractivity contribution is 0.451. The van der Waals surface area contributed by atoms with Crippen molar-refractivity contribution in [1.29, 1.82) is 0 Å². The van der Waals surface area contributed by atoms with Crippen molar-refractivity contribution in [3.63, 3.8) is 0 Å². The van der Waals surface area contributed by atoms with Crippen LogP contribution < -0.4 is 5.32 Å². The Morgan fingerprint density at radius 3 is 2.50 bits per heavy atom. The summed E-state index contributed by atoms with van der Waals surface area (Å²) in [5.74, 6) is -1.27. The molecule has 1 heterocycles. The molecule has 100 valence electrons. The van der Waals surface area contributed by atoms with Crippen molar-refractivity contribution < 1.29 is 17.2 Å². The van der Waals surface area contributed by atoms with Gasteiger partial charge in [-0.2, -0.15) is 0 Å². The normalized spacial score (nSPS) is 27.1. The van der Waals surface area contributed by atoms with E-state index in [1.54, 1.807) is 6.92 Å². The van der Waals surface area contributed by atoms with E-state index in [1.807, 2.05) is 0 Å². The summed E-state index contributed by atoms with van der Waals surface area (Å²) in [6.07, 6.45) is 0. The molecule has 18 heavy (non-hydrogen) atoms. The van der Waals surface area contributed by atoms with Gasteiger partial charge < -0.3 is 5.32 Å². The molecule has 0 radical (unpaired) electrons. The number of hydrogen-bond acceptors (Lipinski definition) is 3. The predicted octanol–water partition coefficient (Wildman–Crippen LogP) is 1.72. The molecule has 0 aliphatic carbocycles. The maximum atomic E-state index is 13.8. The SMILES string of the molecule is Cc1cc(F)c(C2CS(=O)(=O)CC(C)N2)cc1F. The van der Waals surface area contributed by atoms with E-state index in [0.717, 1.165) is 12.1 Å². The third-order valence-electron chi connectivity index (χ3n) is 3.06. The number of halogens is 2. The fourth-order valence-corrected chi connectivity index (χ4v) is 4.03. The summed E-state index contributed by atoms with van der Waals surface area (Å²) in [5.41, 5.74) is 0.288. The number of hydrogen-bond donors (Lipinski definition) is 1. The Balaban J connectivity index is 2.40. The molecule has 0 aromatic heterocycles. The molecule has 2 unspecified atom stereocenters. The van der Waals surface area contributed by atoms with Crippen molar-refractivity contribution in [2.45, 2.75) is 25.9 Å². The molecule has 2 atom stereocenters. The Kier molecular flexibility index (Phi) is 3.42. The minimum atomic E-state index is -3.22. The van der Waals surface area contributed by atoms with E-state index in [9.17, 15) is 17.2 Å². The molecule has 1 aromatic rings. The molecular formula is C12H15F2NO2S. The highest BCUT2D eigenvalue weighted by Crippen LogP contribution is 2.25. The van der Waals surface area contributed by atoms with Gasteiger partial charge in [-0.25, -0.2) is 17.2 Å². The van der Waals surface area contributed by atoms with E-state index in [0.29, 0.717) is 0 Å². The van der Waals surface area contributed by atoms with Crippen molar-refractivity contribution in [2.24, 2.45) is 0 Å². The van der Waals surface area contributed by atoms with Gasteiger partial charge in [0.05, 0.1) is 11.5 Å². The first-order valence-corrected chi connectivity index (χ1v) is 7.52. The van der Waals surface area contributed by atoms with Crippen LogP contribution in [0.4, 0.5) is 8.78 Å². The standard InChI is InChI=1S/C12H15F2NO2S/c1-7-3-11(14)9(4-10(7)13)12-6-18(16,17)5-8(2)15-12/h3-4,8,12,15H,5-6H2,1-2H3. The summed E-state index contributed by atoms with van der Waals surface area (Å²) in [4.78, 5) is 0. The molecule has 2 rings (SSSR count). The molecule has 1 aromatic carbocycles. The fourth-order valence-electron chi connectivity index (χ4n) is 2.25. The molecule has 1 aliphatic heterocycles. The lowest BCUT2D eigenvalue weighted by Crippen LogP contribution is -2.45. The van der Waals surface area contributed by atoms with E-state index in [1.165, 1.54) is 6.92 Å². The van der Waals surface area contributed by atoms with Crippen molar-refractivity contribution in [1.82, 2.24) is 5.32 Å². The van der Waals surface area contributed by atoms with Gasteiger partial charge in [-0.15, -0.1) is 0 Å². The Labute approximate surface area is 105 Å². The van der Waals surface area contributed by atoms with E-state index in [-0.39, 0.29) is 28.7 Å². The lowest BCUT2D eigenvalue weighted by atomic mass is 10.0. The molecule has 0 saturated carbocycles. The van der Waals surface area contributed by atoms with Crippen molar-refractivity contribution >= 4 is 9.84 Å². The molecular weight excluding hydrogens is 260 g/mol. The molecule has 0 bridgehead atoms. The van der Waals surface area contributed by atoms with E-state index in [4.69, 9.17) is 0 Å². The first-order valence-electron chi connectivity index (χ1n) is 5.70. The Bertz CT molecular complexity index is 572. The molecule has 0 spiro atoms. The number of sulfone groups is 1. The van der Waals surface area contributed by atoms with Gasteiger partial charge in [-0.05, 0) is 31.5 Å². The van der Waals surface area contributed by atoms with Crippen LogP contribution in [0.25, 0.3) is 0 Å². The summed E-state index contributed by atoms with van der Waals surface area (Å²) < 4.78 is 50.6. The molecule has 1 N–H and O–H groups in total. The van der Waals surface area contributed by atoms with Crippen LogP contribution in [0.3, 0.4) is 0 Å². The predicted molar refractivity (Wildman–Crippen MR) is 65.1 cm³/mol. The third-order valence-corrected chi connectivity index (χ3v) is 4.91. The van der Waals surface area contributed by atoms with Crippen molar-refractivity contribution in [2.75, 3.05) is 11.5 Å². The van der Waals surface area contributed by atoms with E-state index in [2.05, 4.69) is 5.32 Å². The number of rotatable bonds is 1. The second kappa shape index (κ2) is 4.59. The van der Waals surface area contributed by atoms with Crippen LogP contribution in [0.15, 0.2) is 12.1 Å². The molecule has 0 amide bonds. The van der Waals surface area contributed by atoms with E-state index < -0.39 is 27.5 Å². The minimum Gasteiger partial charge on any atom is -0.305 e. The number of nitrogens with one attached hydrogen (secondary N) is 1. The van der Waals surface area contributed by atoms with Gasteiger partial charge in [0.1, 0.15) is 11.6 Å². The highest BCUT2D eigenvalue weighted by atomic mass is 32.2. The van der Waals surface area contributed by atoms with Crippen LogP contribution in [-0.2, 0) is 9.84 Å². The zero-order valence-corrected chi connectivity index (χ0v) is 11.0. The van der Waals surface area contributed by atoms with Crippen LogP contribution in [0.1, 0.15) is 24.1 Å². The smallest absolute Gasteiger partial charge is 0.153 e. The first kappa shape index (κ1) is 13.4. The average Bonchev–Trinajstić information content (AvgIpc) is 2.20. The monoisotopic (exact) mass is 275 g/mol. The minimum absolute atomic E-state index is 0.0272. The maximum Gasteiger partial charge on any atom is 0.153 e. The summed E-state index contributed by atoms with van der Waals surface area (Å²) >= 11 is 0. The average molecular weight is 275 g/mol. The lowest BCUT2D eigenvalue weighted by Gasteiger charge is -2.29. The second-order valence-corrected chi connectivity index (χ2v) is 6.97. The van der Waals surface area contributed by atoms with E-state index >= 15 is 0 Å². The number of benzene rings is 1. The number of aryl methyl sites for hydroxylation is 1. The third kappa shape index (κ3) is 2.70. The van der Waals surface area contributed by atoms with Gasteiger partial charge in [0.2, 0.25) is 0 Å². The molecule has 1 fully saturated rings. The van der Waals surface area contributed by atoms with Gasteiger partial charge in [0.25, 0.3) is 0 Å². The Morgan fingerprint density at radius 1 is 1.22 bits per heavy atom. The quantitative estimate of drug-likeness (QED) is 0.849. The van der Waals surface area contributed by atoms with Crippen molar-refractivity contribution in [3.8, 4) is 0 Å².